The summed E-state index contributed by atoms with van der Waals surface area (Å²) in [7, 11) is -1.64. The summed E-state index contributed by atoms with van der Waals surface area (Å²) in [5.74, 6) is 0.595. The zero-order chi connectivity index (χ0) is 17.5. The second kappa shape index (κ2) is 8.50. The van der Waals surface area contributed by atoms with Gasteiger partial charge in [0.1, 0.15) is 11.5 Å². The number of benzene rings is 1. The third-order valence-electron chi connectivity index (χ3n) is 4.44. The Morgan fingerprint density at radius 2 is 1.78 bits per heavy atom. The Kier molecular flexibility index (Phi) is 7.29. The van der Waals surface area contributed by atoms with Crippen molar-refractivity contribution in [3.05, 3.63) is 23.8 Å². The molecule has 0 atom stereocenters. The van der Waals surface area contributed by atoms with Crippen LogP contribution < -0.4 is 4.74 Å². The summed E-state index contributed by atoms with van der Waals surface area (Å²) in [6, 6.07) is 4.56. The molecule has 0 heterocycles. The zero-order valence-corrected chi connectivity index (χ0v) is 16.0. The van der Waals surface area contributed by atoms with Gasteiger partial charge < -0.3 is 14.3 Å². The number of carbonyl (C=O) groups excluding carboxylic acids is 1. The van der Waals surface area contributed by atoms with Crippen LogP contribution in [-0.4, -0.2) is 32.9 Å². The van der Waals surface area contributed by atoms with E-state index in [4.69, 9.17) is 9.16 Å². The summed E-state index contributed by atoms with van der Waals surface area (Å²) in [6.45, 7) is 12.6. The quantitative estimate of drug-likeness (QED) is 0.400. The van der Waals surface area contributed by atoms with Gasteiger partial charge >= 0.3 is 0 Å². The lowest BCUT2D eigenvalue weighted by atomic mass is 10.2. The van der Waals surface area contributed by atoms with Crippen molar-refractivity contribution in [3.8, 4) is 11.5 Å². The molecule has 0 amide bonds. The molecule has 0 aromatic heterocycles. The average molecular weight is 339 g/mol. The molecule has 4 nitrogen and oxygen atoms in total. The number of rotatable bonds is 9. The fourth-order valence-electron chi connectivity index (χ4n) is 1.87. The van der Waals surface area contributed by atoms with Gasteiger partial charge in [0.15, 0.2) is 14.6 Å². The van der Waals surface area contributed by atoms with Crippen LogP contribution in [0.5, 0.6) is 11.5 Å². The summed E-state index contributed by atoms with van der Waals surface area (Å²) < 4.78 is 11.7. The van der Waals surface area contributed by atoms with E-state index in [0.717, 1.165) is 25.9 Å². The molecule has 1 aromatic carbocycles. The summed E-state index contributed by atoms with van der Waals surface area (Å²) in [5, 5.41) is 9.59. The maximum absolute atomic E-state index is 10.9. The smallest absolute Gasteiger partial charge is 0.191 e. The van der Waals surface area contributed by atoms with E-state index in [-0.39, 0.29) is 10.8 Å². The van der Waals surface area contributed by atoms with E-state index < -0.39 is 8.32 Å². The van der Waals surface area contributed by atoms with Gasteiger partial charge in [0.25, 0.3) is 0 Å². The average Bonchev–Trinajstić information content (AvgIpc) is 2.46. The third kappa shape index (κ3) is 6.35. The molecule has 0 aliphatic heterocycles. The van der Waals surface area contributed by atoms with Gasteiger partial charge in [-0.1, -0.05) is 20.8 Å². The standard InChI is InChI=1S/C18H30O4Si/c1-18(2,3)23(4,5)22-12-8-6-7-11-21-17-10-9-16(20)13-15(17)14-19/h9-10,13-14,20H,6-8,11-12H2,1-5H3. The van der Waals surface area contributed by atoms with Crippen molar-refractivity contribution < 1.29 is 19.1 Å². The topological polar surface area (TPSA) is 55.8 Å². The van der Waals surface area contributed by atoms with Crippen LogP contribution >= 0.6 is 0 Å². The van der Waals surface area contributed by atoms with Crippen molar-refractivity contribution >= 4 is 14.6 Å². The molecular formula is C18H30O4Si. The van der Waals surface area contributed by atoms with Crippen molar-refractivity contribution in [3.63, 3.8) is 0 Å². The first kappa shape index (κ1) is 19.7. The Morgan fingerprint density at radius 3 is 2.39 bits per heavy atom. The van der Waals surface area contributed by atoms with Crippen molar-refractivity contribution in [2.75, 3.05) is 13.2 Å². The van der Waals surface area contributed by atoms with Gasteiger partial charge in [-0.2, -0.15) is 0 Å². The van der Waals surface area contributed by atoms with Gasteiger partial charge in [-0.25, -0.2) is 0 Å². The molecule has 23 heavy (non-hydrogen) atoms. The van der Waals surface area contributed by atoms with E-state index in [1.807, 2.05) is 0 Å². The van der Waals surface area contributed by atoms with E-state index in [9.17, 15) is 9.90 Å². The number of unbranched alkanes of at least 4 members (excludes halogenated alkanes) is 2. The summed E-state index contributed by atoms with van der Waals surface area (Å²) in [4.78, 5) is 10.9. The lowest BCUT2D eigenvalue weighted by Gasteiger charge is -2.36. The predicted molar refractivity (Wildman–Crippen MR) is 96.0 cm³/mol. The maximum Gasteiger partial charge on any atom is 0.191 e. The van der Waals surface area contributed by atoms with Gasteiger partial charge in [0, 0.05) is 6.61 Å². The minimum absolute atomic E-state index is 0.0715. The highest BCUT2D eigenvalue weighted by Crippen LogP contribution is 2.36. The Labute approximate surface area is 140 Å². The predicted octanol–water partition coefficient (Wildman–Crippen LogP) is 4.78. The molecule has 1 rings (SSSR count). The molecule has 0 fully saturated rings. The number of carbonyl (C=O) groups is 1. The van der Waals surface area contributed by atoms with Crippen LogP contribution in [0.4, 0.5) is 0 Å². The molecule has 130 valence electrons. The van der Waals surface area contributed by atoms with Crippen molar-refractivity contribution in [1.29, 1.82) is 0 Å². The van der Waals surface area contributed by atoms with Crippen molar-refractivity contribution in [2.24, 2.45) is 0 Å². The maximum atomic E-state index is 10.9. The molecule has 0 radical (unpaired) electrons. The van der Waals surface area contributed by atoms with E-state index in [1.165, 1.54) is 12.1 Å². The lowest BCUT2D eigenvalue weighted by molar-refractivity contribution is 0.111. The normalized spacial score (nSPS) is 12.2. The van der Waals surface area contributed by atoms with Crippen molar-refractivity contribution in [2.45, 2.75) is 58.2 Å². The van der Waals surface area contributed by atoms with E-state index in [1.54, 1.807) is 6.07 Å². The first-order valence-corrected chi connectivity index (χ1v) is 11.1. The highest BCUT2D eigenvalue weighted by atomic mass is 28.4. The first-order valence-electron chi connectivity index (χ1n) is 8.22. The minimum atomic E-state index is -1.64. The monoisotopic (exact) mass is 338 g/mol. The van der Waals surface area contributed by atoms with E-state index in [0.29, 0.717) is 24.2 Å². The molecule has 5 heteroatoms. The Bertz CT molecular complexity index is 506. The molecular weight excluding hydrogens is 308 g/mol. The second-order valence-electron chi connectivity index (χ2n) is 7.36. The van der Waals surface area contributed by atoms with Gasteiger partial charge in [-0.05, 0) is 55.6 Å². The van der Waals surface area contributed by atoms with E-state index >= 15 is 0 Å². The van der Waals surface area contributed by atoms with E-state index in [2.05, 4.69) is 33.9 Å². The summed E-state index contributed by atoms with van der Waals surface area (Å²) >= 11 is 0. The Morgan fingerprint density at radius 1 is 1.13 bits per heavy atom. The molecule has 0 unspecified atom stereocenters. The van der Waals surface area contributed by atoms with Crippen LogP contribution in [0.25, 0.3) is 0 Å². The number of hydrogen-bond donors (Lipinski definition) is 1. The van der Waals surface area contributed by atoms with Crippen LogP contribution in [0.1, 0.15) is 50.4 Å². The molecule has 0 aliphatic carbocycles. The van der Waals surface area contributed by atoms with Crippen molar-refractivity contribution in [1.82, 2.24) is 0 Å². The van der Waals surface area contributed by atoms with Gasteiger partial charge in [0.2, 0.25) is 0 Å². The van der Waals surface area contributed by atoms with Crippen LogP contribution in [0, 0.1) is 0 Å². The Balaban J connectivity index is 2.23. The molecule has 1 N–H and O–H groups in total. The number of aromatic hydroxyl groups is 1. The SMILES string of the molecule is CC(C)(C)[Si](C)(C)OCCCCCOc1ccc(O)cc1C=O. The lowest BCUT2D eigenvalue weighted by Crippen LogP contribution is -2.40. The molecule has 0 saturated heterocycles. The number of ether oxygens (including phenoxy) is 1. The fraction of sp³-hybridized carbons (Fsp3) is 0.611. The zero-order valence-electron chi connectivity index (χ0n) is 15.0. The fourth-order valence-corrected chi connectivity index (χ4v) is 2.95. The number of phenols is 1. The molecule has 1 aromatic rings. The largest absolute Gasteiger partial charge is 0.508 e. The van der Waals surface area contributed by atoms with Crippen LogP contribution in [0.3, 0.4) is 0 Å². The third-order valence-corrected chi connectivity index (χ3v) is 8.97. The number of phenolic OH excluding ortho intramolecular Hbond substituents is 1. The molecule has 0 saturated carbocycles. The van der Waals surface area contributed by atoms with Gasteiger partial charge in [0.05, 0.1) is 12.2 Å². The number of aldehydes is 1. The minimum Gasteiger partial charge on any atom is -0.508 e. The number of hydrogen-bond acceptors (Lipinski definition) is 4. The molecule has 0 spiro atoms. The van der Waals surface area contributed by atoms with Crippen LogP contribution in [0.15, 0.2) is 18.2 Å². The van der Waals surface area contributed by atoms with Gasteiger partial charge in [-0.3, -0.25) is 4.79 Å². The summed E-state index contributed by atoms with van der Waals surface area (Å²) in [6.07, 6.45) is 3.66. The highest BCUT2D eigenvalue weighted by molar-refractivity contribution is 6.74. The van der Waals surface area contributed by atoms with Gasteiger partial charge in [-0.15, -0.1) is 0 Å². The Hall–Kier alpha value is -1.33. The van der Waals surface area contributed by atoms with Crippen LogP contribution in [-0.2, 0) is 4.43 Å². The highest BCUT2D eigenvalue weighted by Gasteiger charge is 2.36. The molecule has 0 bridgehead atoms. The van der Waals surface area contributed by atoms with Crippen LogP contribution in [0.2, 0.25) is 18.1 Å². The summed E-state index contributed by atoms with van der Waals surface area (Å²) in [5.41, 5.74) is 0.381. The second-order valence-corrected chi connectivity index (χ2v) is 12.2. The molecule has 0 aliphatic rings. The first-order chi connectivity index (χ1) is 10.7.